The number of hydrogen-bond acceptors (Lipinski definition) is 13. The van der Waals surface area contributed by atoms with Crippen molar-refractivity contribution in [3.8, 4) is 0 Å². The number of amides is 2. The molecule has 2 aromatic heterocycles. The monoisotopic (exact) mass is 725 g/mol. The number of aromatic nitrogens is 3. The molecule has 1 saturated heterocycles. The van der Waals surface area contributed by atoms with Gasteiger partial charge < -0.3 is 20.6 Å². The van der Waals surface area contributed by atoms with Gasteiger partial charge in [-0.25, -0.2) is 4.79 Å². The Bertz CT molecular complexity index is 1900. The van der Waals surface area contributed by atoms with Crippen LogP contribution in [0.4, 0.5) is 5.13 Å². The molecule has 0 radical (unpaired) electrons. The number of thioether (sulfide) groups is 2. The van der Waals surface area contributed by atoms with Crippen LogP contribution in [0.15, 0.2) is 120 Å². The number of nitrogens with zero attached hydrogens (tertiary/aromatic N) is 5. The van der Waals surface area contributed by atoms with E-state index in [0.29, 0.717) is 11.5 Å². The van der Waals surface area contributed by atoms with Gasteiger partial charge in [-0.15, -0.1) is 23.5 Å². The van der Waals surface area contributed by atoms with Gasteiger partial charge in [-0.05, 0) is 40.3 Å². The number of pyridine rings is 1. The highest BCUT2D eigenvalue weighted by Crippen LogP contribution is 2.42. The third-order valence-electron chi connectivity index (χ3n) is 7.45. The summed E-state index contributed by atoms with van der Waals surface area (Å²) in [5, 5.41) is 8.07. The minimum Gasteiger partial charge on any atom is -0.448 e. The molecule has 2 atom stereocenters. The van der Waals surface area contributed by atoms with E-state index in [2.05, 4.69) is 31.4 Å². The van der Waals surface area contributed by atoms with Crippen molar-refractivity contribution in [1.29, 1.82) is 0 Å². The number of nitrogens with one attached hydrogen (secondary N) is 1. The Kier molecular flexibility index (Phi) is 11.4. The third-order valence-corrected chi connectivity index (χ3v) is 10.2. The summed E-state index contributed by atoms with van der Waals surface area (Å²) in [4.78, 5) is 56.5. The van der Waals surface area contributed by atoms with E-state index < -0.39 is 35.3 Å². The Morgan fingerprint density at radius 2 is 1.82 bits per heavy atom. The summed E-state index contributed by atoms with van der Waals surface area (Å²) in [6, 6.07) is 23.5. The molecular weight excluding hydrogens is 695 g/mol. The van der Waals surface area contributed by atoms with E-state index in [0.717, 1.165) is 33.9 Å². The summed E-state index contributed by atoms with van der Waals surface area (Å²) in [5.41, 5.74) is 8.75. The van der Waals surface area contributed by atoms with Crippen LogP contribution in [-0.2, 0) is 24.0 Å². The van der Waals surface area contributed by atoms with Gasteiger partial charge in [0, 0.05) is 29.2 Å². The molecule has 0 saturated carbocycles. The second-order valence-corrected chi connectivity index (χ2v) is 13.6. The Hall–Kier alpha value is -5.25. The fraction of sp³-hybridized carbons (Fsp3) is 0.171. The molecule has 4 aromatic rings. The average molecular weight is 726 g/mol. The van der Waals surface area contributed by atoms with E-state index in [9.17, 15) is 14.4 Å². The molecule has 0 bridgehead atoms. The highest BCUT2D eigenvalue weighted by atomic mass is 32.2. The van der Waals surface area contributed by atoms with Gasteiger partial charge in [0.05, 0.1) is 5.69 Å². The van der Waals surface area contributed by atoms with Crippen LogP contribution in [0.2, 0.25) is 0 Å². The smallest absolute Gasteiger partial charge is 0.356 e. The number of nitrogens with two attached hydrogens (primary N) is 1. The van der Waals surface area contributed by atoms with Crippen molar-refractivity contribution in [2.24, 2.45) is 5.16 Å². The average Bonchev–Trinajstić information content (AvgIpc) is 3.59. The van der Waals surface area contributed by atoms with Gasteiger partial charge in [-0.3, -0.25) is 19.5 Å². The lowest BCUT2D eigenvalue weighted by Gasteiger charge is -2.49. The second kappa shape index (κ2) is 16.4. The van der Waals surface area contributed by atoms with Crippen LogP contribution in [0.25, 0.3) is 6.08 Å². The molecule has 2 aliphatic rings. The molecule has 6 rings (SSSR count). The van der Waals surface area contributed by atoms with E-state index in [1.807, 2.05) is 90.3 Å². The van der Waals surface area contributed by atoms with Gasteiger partial charge in [0.15, 0.2) is 11.2 Å². The highest BCUT2D eigenvalue weighted by molar-refractivity contribution is 8.02. The number of rotatable bonds is 14. The number of nitrogen functional groups attached to an aromatic ring is 1. The first kappa shape index (κ1) is 34.6. The molecule has 15 heteroatoms. The Morgan fingerprint density at radius 1 is 1.10 bits per heavy atom. The maximum Gasteiger partial charge on any atom is 0.356 e. The molecule has 254 valence electrons. The zero-order chi connectivity index (χ0) is 34.9. The summed E-state index contributed by atoms with van der Waals surface area (Å²) in [5.74, 6) is -1.04. The van der Waals surface area contributed by atoms with E-state index in [1.165, 1.54) is 34.5 Å². The number of hydrogen-bond donors (Lipinski definition) is 2. The number of carbonyl (C=O) groups excluding carboxylic acids is 3. The van der Waals surface area contributed by atoms with Crippen molar-refractivity contribution in [3.05, 3.63) is 137 Å². The summed E-state index contributed by atoms with van der Waals surface area (Å²) in [6.45, 7) is 3.61. The lowest BCUT2D eigenvalue weighted by atomic mass is 10.0. The van der Waals surface area contributed by atoms with Crippen LogP contribution in [0.1, 0.15) is 28.7 Å². The van der Waals surface area contributed by atoms with Gasteiger partial charge >= 0.3 is 5.97 Å². The fourth-order valence-electron chi connectivity index (χ4n) is 5.15. The summed E-state index contributed by atoms with van der Waals surface area (Å²) in [7, 11) is 0. The van der Waals surface area contributed by atoms with E-state index in [4.69, 9.17) is 15.3 Å². The predicted molar refractivity (Wildman–Crippen MR) is 196 cm³/mol. The number of benzene rings is 2. The quantitative estimate of drug-likeness (QED) is 0.0458. The minimum absolute atomic E-state index is 0.0338. The van der Waals surface area contributed by atoms with Crippen LogP contribution in [-0.4, -0.2) is 72.3 Å². The molecule has 3 N–H and O–H groups in total. The first-order valence-electron chi connectivity index (χ1n) is 15.3. The fourth-order valence-corrected chi connectivity index (χ4v) is 7.83. The second-order valence-electron chi connectivity index (χ2n) is 10.8. The molecule has 0 spiro atoms. The SMILES string of the molecule is C=CCON=C(C(=O)NC1C(=O)N2C(C(=O)OC(c3ccccc3)c3ccccc3)=C(CS/C=C\c3ccccn3)CS[C@@H]12)c1nsc(N)n1. The normalized spacial score (nSPS) is 17.3. The van der Waals surface area contributed by atoms with E-state index >= 15 is 0 Å². The number of β-lactam (4-membered cyclic amide) rings is 1. The molecule has 2 aliphatic heterocycles. The first-order chi connectivity index (χ1) is 24.4. The van der Waals surface area contributed by atoms with Gasteiger partial charge in [-0.1, -0.05) is 84.5 Å². The maximum atomic E-state index is 14.2. The van der Waals surface area contributed by atoms with Crippen molar-refractivity contribution >= 4 is 69.8 Å². The van der Waals surface area contributed by atoms with Gasteiger partial charge in [0.25, 0.3) is 11.8 Å². The topological polar surface area (TPSA) is 162 Å². The lowest BCUT2D eigenvalue weighted by Crippen LogP contribution is -2.71. The number of esters is 1. The van der Waals surface area contributed by atoms with Crippen LogP contribution in [0.3, 0.4) is 0 Å². The predicted octanol–water partition coefficient (Wildman–Crippen LogP) is 4.81. The molecular formula is C35H31N7O5S3. The van der Waals surface area contributed by atoms with Gasteiger partial charge in [-0.2, -0.15) is 9.36 Å². The third kappa shape index (κ3) is 7.96. The summed E-state index contributed by atoms with van der Waals surface area (Å²) < 4.78 is 10.3. The lowest BCUT2D eigenvalue weighted by molar-refractivity contribution is -0.154. The van der Waals surface area contributed by atoms with Crippen molar-refractivity contribution in [1.82, 2.24) is 24.6 Å². The Morgan fingerprint density at radius 3 is 2.46 bits per heavy atom. The number of carbonyl (C=O) groups is 3. The Balaban J connectivity index is 1.26. The van der Waals surface area contributed by atoms with Gasteiger partial charge in [0.1, 0.15) is 23.7 Å². The van der Waals surface area contributed by atoms with Crippen molar-refractivity contribution in [3.63, 3.8) is 0 Å². The standard InChI is InChI=1S/C35H31N7O5S3/c1-2-18-46-40-26(30-39-35(36)50-41-30)31(43)38-27-32(44)42-28(24(21-49-33(27)42)20-48-19-16-25-15-9-10-17-37-25)34(45)47-29(22-11-5-3-6-12-22)23-13-7-4-8-14-23/h2-17,19,27,29,33H,1,18,20-21H2,(H,38,43)(H2,36,39,41)/b19-16-,40-26?/t27?,33-/m0/s1. The molecule has 2 amide bonds. The maximum absolute atomic E-state index is 14.2. The zero-order valence-corrected chi connectivity index (χ0v) is 28.9. The number of ether oxygens (including phenoxy) is 1. The Labute approximate surface area is 300 Å². The number of oxime groups is 1. The number of anilines is 1. The van der Waals surface area contributed by atoms with Crippen molar-refractivity contribution in [2.75, 3.05) is 23.8 Å². The highest BCUT2D eigenvalue weighted by Gasteiger charge is 2.55. The van der Waals surface area contributed by atoms with Crippen LogP contribution in [0, 0.1) is 0 Å². The number of fused-ring (bicyclic) bond motifs is 1. The first-order valence-corrected chi connectivity index (χ1v) is 18.2. The van der Waals surface area contributed by atoms with E-state index in [-0.39, 0.29) is 29.0 Å². The molecule has 1 fully saturated rings. The van der Waals surface area contributed by atoms with Crippen molar-refractivity contribution in [2.45, 2.75) is 17.5 Å². The molecule has 2 aromatic carbocycles. The summed E-state index contributed by atoms with van der Waals surface area (Å²) in [6.07, 6.45) is 4.34. The zero-order valence-electron chi connectivity index (χ0n) is 26.5. The van der Waals surface area contributed by atoms with E-state index in [1.54, 1.807) is 6.20 Å². The van der Waals surface area contributed by atoms with Crippen molar-refractivity contribution < 1.29 is 24.0 Å². The van der Waals surface area contributed by atoms with Crippen LogP contribution >= 0.6 is 35.1 Å². The molecule has 0 aliphatic carbocycles. The minimum atomic E-state index is -0.965. The molecule has 4 heterocycles. The molecule has 1 unspecified atom stereocenters. The largest absolute Gasteiger partial charge is 0.448 e. The van der Waals surface area contributed by atoms with Crippen LogP contribution < -0.4 is 11.1 Å². The molecule has 50 heavy (non-hydrogen) atoms. The molecule has 12 nitrogen and oxygen atoms in total. The summed E-state index contributed by atoms with van der Waals surface area (Å²) >= 11 is 3.80. The van der Waals surface area contributed by atoms with Crippen LogP contribution in [0.5, 0.6) is 0 Å². The van der Waals surface area contributed by atoms with Gasteiger partial charge in [0.2, 0.25) is 11.5 Å².